The fraction of sp³-hybridized carbons (Fsp3) is 0.917. The molecule has 0 aromatic carbocycles. The number of likely N-dealkylation sites (tertiary alicyclic amines) is 1. The van der Waals surface area contributed by atoms with Gasteiger partial charge in [0, 0.05) is 13.7 Å². The van der Waals surface area contributed by atoms with Crippen molar-refractivity contribution in [3.05, 3.63) is 0 Å². The van der Waals surface area contributed by atoms with E-state index in [0.29, 0.717) is 25.5 Å². The molecule has 2 fully saturated rings. The van der Waals surface area contributed by atoms with Crippen LogP contribution in [0.25, 0.3) is 0 Å². The number of hydrogen-bond acceptors (Lipinski definition) is 4. The van der Waals surface area contributed by atoms with Gasteiger partial charge in [0.1, 0.15) is 6.61 Å². The second-order valence-electron chi connectivity index (χ2n) is 4.93. The maximum Gasteiger partial charge on any atom is 0.248 e. The number of carbonyl (C=O) groups is 1. The second-order valence-corrected chi connectivity index (χ2v) is 4.93. The molecule has 0 radical (unpaired) electrons. The van der Waals surface area contributed by atoms with Gasteiger partial charge in [0.05, 0.1) is 25.4 Å². The Labute approximate surface area is 102 Å². The van der Waals surface area contributed by atoms with E-state index in [4.69, 9.17) is 9.47 Å². The molecule has 1 heterocycles. The van der Waals surface area contributed by atoms with Crippen molar-refractivity contribution in [1.82, 2.24) is 4.90 Å². The fourth-order valence-electron chi connectivity index (χ4n) is 2.20. The Morgan fingerprint density at radius 3 is 2.82 bits per heavy atom. The molecule has 1 amide bonds. The third-order valence-corrected chi connectivity index (χ3v) is 3.52. The van der Waals surface area contributed by atoms with Gasteiger partial charge in [-0.25, -0.2) is 0 Å². The highest BCUT2D eigenvalue weighted by Crippen LogP contribution is 2.28. The van der Waals surface area contributed by atoms with Crippen LogP contribution >= 0.6 is 0 Å². The smallest absolute Gasteiger partial charge is 0.248 e. The molecule has 0 bridgehead atoms. The Hall–Kier alpha value is -0.650. The number of carbonyl (C=O) groups excluding carboxylic acids is 1. The van der Waals surface area contributed by atoms with Gasteiger partial charge in [-0.15, -0.1) is 0 Å². The largest absolute Gasteiger partial charge is 0.394 e. The number of aliphatic hydroxyl groups is 1. The van der Waals surface area contributed by atoms with Crippen LogP contribution in [0.15, 0.2) is 0 Å². The number of methoxy groups -OCH3 is 1. The lowest BCUT2D eigenvalue weighted by Crippen LogP contribution is -2.40. The molecule has 98 valence electrons. The average molecular weight is 243 g/mol. The van der Waals surface area contributed by atoms with Crippen molar-refractivity contribution in [3.63, 3.8) is 0 Å². The molecule has 5 nitrogen and oxygen atoms in total. The molecule has 0 aromatic heterocycles. The monoisotopic (exact) mass is 243 g/mol. The first-order valence-corrected chi connectivity index (χ1v) is 6.25. The standard InChI is InChI=1S/C12H21NO4/c1-16-11-4-10(6-14)13(5-11)12(15)8-17-7-9-2-3-9/h9-11,14H,2-8H2,1H3/t10-,11-/m0/s1. The minimum absolute atomic E-state index is 0.00573. The number of nitrogens with zero attached hydrogens (tertiary/aromatic N) is 1. The lowest BCUT2D eigenvalue weighted by molar-refractivity contribution is -0.138. The summed E-state index contributed by atoms with van der Waals surface area (Å²) in [5.74, 6) is 0.631. The van der Waals surface area contributed by atoms with Crippen LogP contribution in [-0.4, -0.2) is 61.5 Å². The van der Waals surface area contributed by atoms with Gasteiger partial charge in [0.25, 0.3) is 0 Å². The Morgan fingerprint density at radius 1 is 1.47 bits per heavy atom. The summed E-state index contributed by atoms with van der Waals surface area (Å²) in [6, 6.07) is -0.114. The van der Waals surface area contributed by atoms with Gasteiger partial charge in [0.15, 0.2) is 0 Å². The summed E-state index contributed by atoms with van der Waals surface area (Å²) in [5.41, 5.74) is 0. The molecule has 2 atom stereocenters. The molecule has 17 heavy (non-hydrogen) atoms. The van der Waals surface area contributed by atoms with Crippen molar-refractivity contribution < 1.29 is 19.4 Å². The Morgan fingerprint density at radius 2 is 2.24 bits per heavy atom. The summed E-state index contributed by atoms with van der Waals surface area (Å²) in [5, 5.41) is 9.23. The van der Waals surface area contributed by atoms with E-state index >= 15 is 0 Å². The van der Waals surface area contributed by atoms with Crippen molar-refractivity contribution in [2.45, 2.75) is 31.4 Å². The number of rotatable bonds is 6. The average Bonchev–Trinajstić information content (AvgIpc) is 3.06. The van der Waals surface area contributed by atoms with Crippen LogP contribution in [0.3, 0.4) is 0 Å². The molecule has 1 saturated carbocycles. The number of hydrogen-bond donors (Lipinski definition) is 1. The van der Waals surface area contributed by atoms with Crippen LogP contribution in [0.4, 0.5) is 0 Å². The quantitative estimate of drug-likeness (QED) is 0.714. The second kappa shape index (κ2) is 5.80. The molecule has 0 aromatic rings. The van der Waals surface area contributed by atoms with E-state index in [-0.39, 0.29) is 31.3 Å². The first kappa shape index (κ1) is 12.8. The highest BCUT2D eigenvalue weighted by molar-refractivity contribution is 5.78. The zero-order chi connectivity index (χ0) is 12.3. The molecule has 2 aliphatic rings. The van der Waals surface area contributed by atoms with Gasteiger partial charge in [-0.2, -0.15) is 0 Å². The first-order valence-electron chi connectivity index (χ1n) is 6.25. The van der Waals surface area contributed by atoms with Crippen LogP contribution in [0.5, 0.6) is 0 Å². The SMILES string of the molecule is CO[C@H]1C[C@@H](CO)N(C(=O)COCC2CC2)C1. The third-order valence-electron chi connectivity index (χ3n) is 3.52. The van der Waals surface area contributed by atoms with Gasteiger partial charge >= 0.3 is 0 Å². The van der Waals surface area contributed by atoms with Gasteiger partial charge in [-0.3, -0.25) is 4.79 Å². The number of aliphatic hydroxyl groups excluding tert-OH is 1. The van der Waals surface area contributed by atoms with E-state index in [1.165, 1.54) is 12.8 Å². The van der Waals surface area contributed by atoms with Crippen LogP contribution in [0.2, 0.25) is 0 Å². The predicted molar refractivity (Wildman–Crippen MR) is 61.5 cm³/mol. The summed E-state index contributed by atoms with van der Waals surface area (Å²) in [4.78, 5) is 13.6. The van der Waals surface area contributed by atoms with E-state index in [2.05, 4.69) is 0 Å². The molecule has 2 rings (SSSR count). The van der Waals surface area contributed by atoms with E-state index in [9.17, 15) is 9.90 Å². The molecule has 1 saturated heterocycles. The minimum Gasteiger partial charge on any atom is -0.394 e. The van der Waals surface area contributed by atoms with E-state index in [0.717, 1.165) is 0 Å². The summed E-state index contributed by atoms with van der Waals surface area (Å²) in [6.45, 7) is 1.38. The first-order chi connectivity index (χ1) is 8.24. The topological polar surface area (TPSA) is 59.0 Å². The predicted octanol–water partition coefficient (Wildman–Crippen LogP) is 0.0212. The van der Waals surface area contributed by atoms with E-state index in [1.807, 2.05) is 0 Å². The maximum atomic E-state index is 11.9. The lowest BCUT2D eigenvalue weighted by atomic mass is 10.2. The Balaban J connectivity index is 1.75. The van der Waals surface area contributed by atoms with Crippen molar-refractivity contribution >= 4 is 5.91 Å². The van der Waals surface area contributed by atoms with Crippen molar-refractivity contribution in [2.75, 3.05) is 33.5 Å². The molecule has 1 aliphatic carbocycles. The highest BCUT2D eigenvalue weighted by atomic mass is 16.5. The van der Waals surface area contributed by atoms with Gasteiger partial charge in [-0.05, 0) is 25.2 Å². The van der Waals surface area contributed by atoms with Crippen LogP contribution < -0.4 is 0 Å². The fourth-order valence-corrected chi connectivity index (χ4v) is 2.20. The van der Waals surface area contributed by atoms with Crippen LogP contribution in [-0.2, 0) is 14.3 Å². The third kappa shape index (κ3) is 3.40. The van der Waals surface area contributed by atoms with Crippen molar-refractivity contribution in [3.8, 4) is 0 Å². The van der Waals surface area contributed by atoms with Crippen LogP contribution in [0.1, 0.15) is 19.3 Å². The summed E-state index contributed by atoms with van der Waals surface area (Å²) in [6.07, 6.45) is 3.20. The number of ether oxygens (including phenoxy) is 2. The Kier molecular flexibility index (Phi) is 4.36. The summed E-state index contributed by atoms with van der Waals surface area (Å²) in [7, 11) is 1.64. The number of amides is 1. The zero-order valence-corrected chi connectivity index (χ0v) is 10.3. The normalized spacial score (nSPS) is 28.7. The minimum atomic E-state index is -0.114. The van der Waals surface area contributed by atoms with Crippen molar-refractivity contribution in [2.24, 2.45) is 5.92 Å². The highest BCUT2D eigenvalue weighted by Gasteiger charge is 2.34. The summed E-state index contributed by atoms with van der Waals surface area (Å²) < 4.78 is 10.6. The lowest BCUT2D eigenvalue weighted by Gasteiger charge is -2.22. The van der Waals surface area contributed by atoms with Crippen LogP contribution in [0, 0.1) is 5.92 Å². The van der Waals surface area contributed by atoms with Crippen molar-refractivity contribution in [1.29, 1.82) is 0 Å². The van der Waals surface area contributed by atoms with Gasteiger partial charge < -0.3 is 19.5 Å². The molecular weight excluding hydrogens is 222 g/mol. The molecule has 0 spiro atoms. The molecule has 1 aliphatic heterocycles. The molecular formula is C12H21NO4. The molecule has 0 unspecified atom stereocenters. The zero-order valence-electron chi connectivity index (χ0n) is 10.3. The van der Waals surface area contributed by atoms with E-state index in [1.54, 1.807) is 12.0 Å². The Bertz CT molecular complexity index is 267. The molecule has 5 heteroatoms. The van der Waals surface area contributed by atoms with Gasteiger partial charge in [-0.1, -0.05) is 0 Å². The maximum absolute atomic E-state index is 11.9. The van der Waals surface area contributed by atoms with E-state index < -0.39 is 0 Å². The summed E-state index contributed by atoms with van der Waals surface area (Å²) >= 11 is 0. The molecule has 1 N–H and O–H groups in total. The van der Waals surface area contributed by atoms with Gasteiger partial charge in [0.2, 0.25) is 5.91 Å².